The number of aromatic nitrogens is 1. The number of rotatable bonds is 6. The number of anilines is 1. The molecule has 3 aromatic rings. The highest BCUT2D eigenvalue weighted by Gasteiger charge is 2.16. The average molecular weight is 371 g/mol. The van der Waals surface area contributed by atoms with Gasteiger partial charge in [-0.1, -0.05) is 11.2 Å². The maximum atomic E-state index is 13.2. The lowest BCUT2D eigenvalue weighted by atomic mass is 10.1. The van der Waals surface area contributed by atoms with E-state index in [0.29, 0.717) is 23.7 Å². The van der Waals surface area contributed by atoms with E-state index in [2.05, 4.69) is 10.5 Å². The maximum Gasteiger partial charge on any atom is 0.238 e. The number of nitrogens with zero attached hydrogens (tertiary/aromatic N) is 2. The fraction of sp³-hybridized carbons (Fsp3) is 0.200. The third-order valence-electron chi connectivity index (χ3n) is 4.07. The highest BCUT2D eigenvalue weighted by Crippen LogP contribution is 2.26. The fourth-order valence-electron chi connectivity index (χ4n) is 2.71. The van der Waals surface area contributed by atoms with Crippen molar-refractivity contribution in [3.63, 3.8) is 0 Å². The van der Waals surface area contributed by atoms with Crippen molar-refractivity contribution in [2.45, 2.75) is 13.5 Å². The number of carbonyl (C=O) groups excluding carboxylic acids is 1. The first-order valence-electron chi connectivity index (χ1n) is 8.37. The Morgan fingerprint density at radius 1 is 1.15 bits per heavy atom. The van der Waals surface area contributed by atoms with Crippen molar-refractivity contribution < 1.29 is 18.1 Å². The number of hydrogen-bond donors (Lipinski definition) is 1. The van der Waals surface area contributed by atoms with E-state index in [0.717, 1.165) is 11.1 Å². The van der Waals surface area contributed by atoms with E-state index in [-0.39, 0.29) is 18.3 Å². The zero-order chi connectivity index (χ0) is 19.4. The van der Waals surface area contributed by atoms with Crippen LogP contribution in [0.25, 0.3) is 11.3 Å². The van der Waals surface area contributed by atoms with Gasteiger partial charge < -0.3 is 9.84 Å². The molecule has 0 radical (unpaired) electrons. The molecule has 0 aliphatic carbocycles. The van der Waals surface area contributed by atoms with E-state index >= 15 is 0 Å². The summed E-state index contributed by atoms with van der Waals surface area (Å²) in [6, 6.07) is 11.7. The molecule has 0 unspecified atom stereocenters. The van der Waals surface area contributed by atoms with Crippen LogP contribution in [0, 0.1) is 18.6 Å². The Hall–Kier alpha value is -3.06. The van der Waals surface area contributed by atoms with E-state index in [1.54, 1.807) is 30.1 Å². The van der Waals surface area contributed by atoms with Gasteiger partial charge in [-0.2, -0.15) is 0 Å². The molecule has 27 heavy (non-hydrogen) atoms. The number of benzene rings is 2. The van der Waals surface area contributed by atoms with Crippen molar-refractivity contribution in [2.75, 3.05) is 18.9 Å². The summed E-state index contributed by atoms with van der Waals surface area (Å²) in [5.41, 5.74) is 2.66. The molecule has 0 spiro atoms. The number of halogens is 2. The van der Waals surface area contributed by atoms with Crippen LogP contribution >= 0.6 is 0 Å². The summed E-state index contributed by atoms with van der Waals surface area (Å²) in [4.78, 5) is 13.9. The van der Waals surface area contributed by atoms with E-state index in [9.17, 15) is 13.6 Å². The van der Waals surface area contributed by atoms with Crippen LogP contribution in [0.1, 0.15) is 11.3 Å². The Morgan fingerprint density at radius 3 is 2.59 bits per heavy atom. The second-order valence-electron chi connectivity index (χ2n) is 6.32. The molecule has 0 aliphatic heterocycles. The number of likely N-dealkylation sites (N-methyl/N-ethyl adjacent to an activating group) is 1. The molecule has 140 valence electrons. The second-order valence-corrected chi connectivity index (χ2v) is 6.32. The van der Waals surface area contributed by atoms with Gasteiger partial charge in [0.25, 0.3) is 0 Å². The molecule has 1 N–H and O–H groups in total. The van der Waals surface area contributed by atoms with Gasteiger partial charge in [0.05, 0.1) is 6.54 Å². The van der Waals surface area contributed by atoms with Crippen LogP contribution in [0.15, 0.2) is 53.1 Å². The normalized spacial score (nSPS) is 11.0. The van der Waals surface area contributed by atoms with Gasteiger partial charge in [-0.3, -0.25) is 9.69 Å². The maximum absolute atomic E-state index is 13.2. The summed E-state index contributed by atoms with van der Waals surface area (Å²) in [7, 11) is 1.77. The zero-order valence-electron chi connectivity index (χ0n) is 15.0. The number of amides is 1. The SMILES string of the molecule is Cc1c(CN(C)CC(=O)Nc2cccc(F)c2)noc1-c1ccc(F)cc1. The molecule has 0 bridgehead atoms. The number of carbonyl (C=O) groups is 1. The zero-order valence-corrected chi connectivity index (χ0v) is 15.0. The average Bonchev–Trinajstić information content (AvgIpc) is 2.96. The molecule has 2 aromatic carbocycles. The molecule has 1 amide bonds. The summed E-state index contributed by atoms with van der Waals surface area (Å²) < 4.78 is 31.6. The van der Waals surface area contributed by atoms with Gasteiger partial charge in [0, 0.05) is 23.4 Å². The smallest absolute Gasteiger partial charge is 0.238 e. The molecular weight excluding hydrogens is 352 g/mol. The molecule has 0 fully saturated rings. The molecule has 0 aliphatic rings. The summed E-state index contributed by atoms with van der Waals surface area (Å²) >= 11 is 0. The van der Waals surface area contributed by atoms with Crippen LogP contribution in [0.5, 0.6) is 0 Å². The molecule has 3 rings (SSSR count). The molecular formula is C20H19F2N3O2. The summed E-state index contributed by atoms with van der Waals surface area (Å²) in [5.74, 6) is -0.418. The Kier molecular flexibility index (Phi) is 5.61. The molecule has 1 heterocycles. The van der Waals surface area contributed by atoms with Crippen molar-refractivity contribution in [3.8, 4) is 11.3 Å². The predicted octanol–water partition coefficient (Wildman–Crippen LogP) is 4.00. The van der Waals surface area contributed by atoms with Gasteiger partial charge >= 0.3 is 0 Å². The Morgan fingerprint density at radius 2 is 1.89 bits per heavy atom. The summed E-state index contributed by atoms with van der Waals surface area (Å²) in [6.07, 6.45) is 0. The quantitative estimate of drug-likeness (QED) is 0.712. The minimum atomic E-state index is -0.410. The van der Waals surface area contributed by atoms with Crippen LogP contribution in [-0.4, -0.2) is 29.6 Å². The van der Waals surface area contributed by atoms with Gasteiger partial charge in [-0.25, -0.2) is 8.78 Å². The van der Waals surface area contributed by atoms with Crippen LogP contribution in [0.3, 0.4) is 0 Å². The molecule has 0 saturated heterocycles. The lowest BCUT2D eigenvalue weighted by molar-refractivity contribution is -0.117. The first-order valence-corrected chi connectivity index (χ1v) is 8.37. The summed E-state index contributed by atoms with van der Waals surface area (Å²) in [5, 5.41) is 6.72. The molecule has 0 atom stereocenters. The van der Waals surface area contributed by atoms with Gasteiger partial charge in [-0.05, 0) is 56.4 Å². The minimum Gasteiger partial charge on any atom is -0.356 e. The third kappa shape index (κ3) is 4.77. The lowest BCUT2D eigenvalue weighted by Crippen LogP contribution is -2.30. The largest absolute Gasteiger partial charge is 0.356 e. The second kappa shape index (κ2) is 8.09. The topological polar surface area (TPSA) is 58.4 Å². The minimum absolute atomic E-state index is 0.106. The van der Waals surface area contributed by atoms with Crippen LogP contribution in [-0.2, 0) is 11.3 Å². The van der Waals surface area contributed by atoms with E-state index in [4.69, 9.17) is 4.52 Å². The van der Waals surface area contributed by atoms with Gasteiger partial charge in [-0.15, -0.1) is 0 Å². The lowest BCUT2D eigenvalue weighted by Gasteiger charge is -2.15. The van der Waals surface area contributed by atoms with Crippen molar-refractivity contribution in [1.82, 2.24) is 10.1 Å². The van der Waals surface area contributed by atoms with Crippen molar-refractivity contribution in [2.24, 2.45) is 0 Å². The highest BCUT2D eigenvalue weighted by atomic mass is 19.1. The van der Waals surface area contributed by atoms with Gasteiger partial charge in [0.2, 0.25) is 5.91 Å². The monoisotopic (exact) mass is 371 g/mol. The van der Waals surface area contributed by atoms with Gasteiger partial charge in [0.15, 0.2) is 5.76 Å². The van der Waals surface area contributed by atoms with Crippen LogP contribution in [0.4, 0.5) is 14.5 Å². The Balaban J connectivity index is 1.61. The number of hydrogen-bond acceptors (Lipinski definition) is 4. The van der Waals surface area contributed by atoms with Crippen LogP contribution in [0.2, 0.25) is 0 Å². The number of nitrogens with one attached hydrogen (secondary N) is 1. The molecule has 1 aromatic heterocycles. The highest BCUT2D eigenvalue weighted by molar-refractivity contribution is 5.92. The third-order valence-corrected chi connectivity index (χ3v) is 4.07. The fourth-order valence-corrected chi connectivity index (χ4v) is 2.71. The van der Waals surface area contributed by atoms with Crippen molar-refractivity contribution in [1.29, 1.82) is 0 Å². The Bertz CT molecular complexity index is 939. The standard InChI is InChI=1S/C20H19F2N3O2/c1-13-18(24-27-20(13)14-6-8-15(21)9-7-14)11-25(2)12-19(26)23-17-5-3-4-16(22)10-17/h3-10H,11-12H2,1-2H3,(H,23,26). The van der Waals surface area contributed by atoms with E-state index in [1.807, 2.05) is 6.92 Å². The molecule has 7 heteroatoms. The Labute approximate surface area is 155 Å². The van der Waals surface area contributed by atoms with E-state index in [1.165, 1.54) is 30.3 Å². The van der Waals surface area contributed by atoms with Crippen molar-refractivity contribution >= 4 is 11.6 Å². The predicted molar refractivity (Wildman–Crippen MR) is 98.0 cm³/mol. The van der Waals surface area contributed by atoms with Gasteiger partial charge in [0.1, 0.15) is 17.3 Å². The first kappa shape index (κ1) is 18.7. The molecule has 0 saturated carbocycles. The van der Waals surface area contributed by atoms with Crippen LogP contribution < -0.4 is 5.32 Å². The first-order chi connectivity index (χ1) is 12.9. The molecule has 5 nitrogen and oxygen atoms in total. The van der Waals surface area contributed by atoms with Crippen molar-refractivity contribution in [3.05, 3.63) is 71.4 Å². The summed E-state index contributed by atoms with van der Waals surface area (Å²) in [6.45, 7) is 2.37. The van der Waals surface area contributed by atoms with E-state index < -0.39 is 5.82 Å².